The van der Waals surface area contributed by atoms with Crippen molar-refractivity contribution < 1.29 is 9.53 Å². The molecule has 202 valence electrons. The fourth-order valence-electron chi connectivity index (χ4n) is 1.39. The van der Waals surface area contributed by atoms with Gasteiger partial charge >= 0.3 is 0 Å². The van der Waals surface area contributed by atoms with Crippen LogP contribution in [-0.2, 0) is 9.53 Å². The first-order valence-corrected chi connectivity index (χ1v) is 13.0. The number of carbonyl (C=O) groups excluding carboxylic acids is 1. The van der Waals surface area contributed by atoms with E-state index in [0.717, 1.165) is 25.2 Å². The summed E-state index contributed by atoms with van der Waals surface area (Å²) in [5.41, 5.74) is 7.58. The first-order chi connectivity index (χ1) is 15.8. The van der Waals surface area contributed by atoms with Crippen molar-refractivity contribution in [1.29, 1.82) is 0 Å². The van der Waals surface area contributed by atoms with E-state index in [9.17, 15) is 4.79 Å². The first-order valence-electron chi connectivity index (χ1n) is 13.0. The molecule has 0 spiro atoms. The zero-order valence-electron chi connectivity index (χ0n) is 25.4. The Labute approximate surface area is 210 Å². The van der Waals surface area contributed by atoms with Crippen LogP contribution in [0.2, 0.25) is 0 Å². The van der Waals surface area contributed by atoms with E-state index >= 15 is 0 Å². The van der Waals surface area contributed by atoms with Crippen molar-refractivity contribution in [2.45, 2.75) is 117 Å². The minimum atomic E-state index is 0.0125. The van der Waals surface area contributed by atoms with Crippen molar-refractivity contribution in [3.05, 3.63) is 47.8 Å². The molecule has 0 aliphatic rings. The van der Waals surface area contributed by atoms with E-state index < -0.39 is 0 Å². The molecular formula is C29H64N2O2. The van der Waals surface area contributed by atoms with Crippen molar-refractivity contribution in [3.8, 4) is 0 Å². The number of hydrogen-bond acceptors (Lipinski definition) is 3. The number of amides is 1. The minimum Gasteiger partial charge on any atom is -0.494 e. The molecule has 0 rings (SSSR count). The predicted molar refractivity (Wildman–Crippen MR) is 157 cm³/mol. The Kier molecular flexibility index (Phi) is 84.3. The molecule has 0 aliphatic carbocycles. The Morgan fingerprint density at radius 2 is 1.30 bits per heavy atom. The van der Waals surface area contributed by atoms with E-state index in [4.69, 9.17) is 10.5 Å². The van der Waals surface area contributed by atoms with Crippen LogP contribution in [0, 0.1) is 0 Å². The van der Waals surface area contributed by atoms with E-state index in [0.29, 0.717) is 13.1 Å². The Morgan fingerprint density at radius 3 is 1.52 bits per heavy atom. The molecule has 4 nitrogen and oxygen atoms in total. The molecule has 33 heavy (non-hydrogen) atoms. The third-order valence-corrected chi connectivity index (χ3v) is 2.72. The molecule has 0 aromatic rings. The highest BCUT2D eigenvalue weighted by atomic mass is 16.5. The van der Waals surface area contributed by atoms with Gasteiger partial charge in [0.15, 0.2) is 0 Å². The fraction of sp³-hybridized carbons (Fsp3) is 0.690. The third-order valence-electron chi connectivity index (χ3n) is 2.72. The van der Waals surface area contributed by atoms with Gasteiger partial charge in [0.25, 0.3) is 0 Å². The highest BCUT2D eigenvalue weighted by Crippen LogP contribution is 2.06. The highest BCUT2D eigenvalue weighted by molar-refractivity contribution is 5.72. The standard InChI is InChI=1S/C9H16O.C7H12.C5H12N2O.4C2H6/c1-5-7-9(8(3)4)10-6-2;1-4-6-7(3)5-2;1-5(8)7-4-2-3-6;4*1-2/h5,7H,6H2,1-4H3;4,6H,3,5H2,1-2H3;2-4,6H2,1H3,(H,7,8);4*1-2H3/b7-5-;6-4-;;;;;. The molecule has 4 heteroatoms. The largest absolute Gasteiger partial charge is 0.494 e. The number of ether oxygens (including phenoxy) is 1. The second-order valence-electron chi connectivity index (χ2n) is 5.43. The summed E-state index contributed by atoms with van der Waals surface area (Å²) < 4.78 is 5.34. The van der Waals surface area contributed by atoms with Crippen molar-refractivity contribution in [2.24, 2.45) is 5.73 Å². The van der Waals surface area contributed by atoms with E-state index in [1.807, 2.05) is 114 Å². The Bertz CT molecular complexity index is 419. The van der Waals surface area contributed by atoms with Gasteiger partial charge < -0.3 is 15.8 Å². The van der Waals surface area contributed by atoms with E-state index in [-0.39, 0.29) is 5.91 Å². The van der Waals surface area contributed by atoms with Gasteiger partial charge in [0.1, 0.15) is 5.76 Å². The summed E-state index contributed by atoms with van der Waals surface area (Å²) in [6.45, 7) is 35.5. The molecule has 0 bridgehead atoms. The van der Waals surface area contributed by atoms with Gasteiger partial charge in [-0.2, -0.15) is 0 Å². The van der Waals surface area contributed by atoms with Gasteiger partial charge in [0, 0.05) is 13.5 Å². The monoisotopic (exact) mass is 472 g/mol. The maximum Gasteiger partial charge on any atom is 0.216 e. The molecular weight excluding hydrogens is 408 g/mol. The summed E-state index contributed by atoms with van der Waals surface area (Å²) in [5.74, 6) is 1.00. The summed E-state index contributed by atoms with van der Waals surface area (Å²) in [7, 11) is 0. The predicted octanol–water partition coefficient (Wildman–Crippen LogP) is 9.00. The van der Waals surface area contributed by atoms with Crippen LogP contribution in [0.5, 0.6) is 0 Å². The molecule has 0 saturated carbocycles. The van der Waals surface area contributed by atoms with E-state index in [2.05, 4.69) is 18.8 Å². The average Bonchev–Trinajstić information content (AvgIpc) is 2.85. The molecule has 0 saturated heterocycles. The quantitative estimate of drug-likeness (QED) is 0.210. The second-order valence-corrected chi connectivity index (χ2v) is 5.43. The van der Waals surface area contributed by atoms with Crippen LogP contribution in [0.4, 0.5) is 0 Å². The van der Waals surface area contributed by atoms with Crippen LogP contribution in [0.25, 0.3) is 0 Å². The molecule has 0 atom stereocenters. The second kappa shape index (κ2) is 57.3. The maximum atomic E-state index is 10.2. The highest BCUT2D eigenvalue weighted by Gasteiger charge is 1.91. The van der Waals surface area contributed by atoms with E-state index in [1.54, 1.807) is 0 Å². The maximum absolute atomic E-state index is 10.2. The molecule has 0 fully saturated rings. The van der Waals surface area contributed by atoms with Crippen LogP contribution in [0.3, 0.4) is 0 Å². The Morgan fingerprint density at radius 1 is 0.879 bits per heavy atom. The van der Waals surface area contributed by atoms with Crippen molar-refractivity contribution in [1.82, 2.24) is 5.32 Å². The van der Waals surface area contributed by atoms with Crippen LogP contribution in [0.15, 0.2) is 47.8 Å². The normalized spacial score (nSPS) is 8.00. The summed E-state index contributed by atoms with van der Waals surface area (Å²) in [4.78, 5) is 10.2. The van der Waals surface area contributed by atoms with Crippen LogP contribution in [0.1, 0.15) is 117 Å². The van der Waals surface area contributed by atoms with Gasteiger partial charge in [0.2, 0.25) is 5.91 Å². The number of nitrogens with two attached hydrogens (primary N) is 1. The fourth-order valence-corrected chi connectivity index (χ4v) is 1.39. The lowest BCUT2D eigenvalue weighted by Gasteiger charge is -2.04. The molecule has 3 N–H and O–H groups in total. The molecule has 0 aliphatic heterocycles. The molecule has 0 heterocycles. The van der Waals surface area contributed by atoms with E-state index in [1.165, 1.54) is 18.1 Å². The average molecular weight is 473 g/mol. The number of rotatable bonds is 8. The molecule has 0 aromatic heterocycles. The van der Waals surface area contributed by atoms with Gasteiger partial charge in [-0.3, -0.25) is 4.79 Å². The van der Waals surface area contributed by atoms with Crippen LogP contribution < -0.4 is 11.1 Å². The summed E-state index contributed by atoms with van der Waals surface area (Å²) in [6, 6.07) is 0. The summed E-state index contributed by atoms with van der Waals surface area (Å²) in [6.07, 6.45) is 9.92. The lowest BCUT2D eigenvalue weighted by molar-refractivity contribution is -0.118. The third kappa shape index (κ3) is 72.5. The number of hydrogen-bond donors (Lipinski definition) is 2. The molecule has 0 unspecified atom stereocenters. The van der Waals surface area contributed by atoms with Crippen LogP contribution >= 0.6 is 0 Å². The van der Waals surface area contributed by atoms with Gasteiger partial charge in [-0.25, -0.2) is 0 Å². The van der Waals surface area contributed by atoms with Gasteiger partial charge in [-0.05, 0) is 65.7 Å². The topological polar surface area (TPSA) is 64.3 Å². The van der Waals surface area contributed by atoms with Gasteiger partial charge in [-0.15, -0.1) is 0 Å². The van der Waals surface area contributed by atoms with Crippen molar-refractivity contribution >= 4 is 5.91 Å². The Balaban J connectivity index is -0.0000000536. The zero-order chi connectivity index (χ0) is 28.1. The lowest BCUT2D eigenvalue weighted by Crippen LogP contribution is -2.22. The molecule has 0 radical (unpaired) electrons. The number of nitrogens with one attached hydrogen (secondary N) is 1. The zero-order valence-corrected chi connectivity index (χ0v) is 25.4. The lowest BCUT2D eigenvalue weighted by atomic mass is 10.2. The number of carbonyl (C=O) groups is 1. The smallest absolute Gasteiger partial charge is 0.216 e. The summed E-state index contributed by atoms with van der Waals surface area (Å²) >= 11 is 0. The van der Waals surface area contributed by atoms with Crippen LogP contribution in [-0.4, -0.2) is 25.6 Å². The van der Waals surface area contributed by atoms with Crippen molar-refractivity contribution in [3.63, 3.8) is 0 Å². The van der Waals surface area contributed by atoms with Crippen molar-refractivity contribution in [2.75, 3.05) is 19.7 Å². The number of allylic oxidation sites excluding steroid dienone is 6. The summed E-state index contributed by atoms with van der Waals surface area (Å²) in [5, 5.41) is 2.63. The SMILES string of the molecule is C/C=C\C(OCC)=C(C)C.C=C(/C=C\C)CC.CC.CC.CC.CC.CC(=O)NCCCN. The van der Waals surface area contributed by atoms with Gasteiger partial charge in [0.05, 0.1) is 6.61 Å². The first kappa shape index (κ1) is 48.6. The Hall–Kier alpha value is -1.81. The molecule has 1 amide bonds. The minimum absolute atomic E-state index is 0.0125. The molecule has 0 aromatic carbocycles. The van der Waals surface area contributed by atoms with Gasteiger partial charge in [-0.1, -0.05) is 92.7 Å².